The lowest BCUT2D eigenvalue weighted by molar-refractivity contribution is -0.147. The highest BCUT2D eigenvalue weighted by Gasteiger charge is 2.28. The second-order valence-electron chi connectivity index (χ2n) is 4.55. The van der Waals surface area contributed by atoms with Crippen molar-refractivity contribution in [1.82, 2.24) is 9.78 Å². The topological polar surface area (TPSA) is 55.1 Å². The van der Waals surface area contributed by atoms with Gasteiger partial charge in [-0.3, -0.25) is 9.48 Å². The molecule has 0 aliphatic carbocycles. The predicted molar refractivity (Wildman–Crippen MR) is 61.1 cm³/mol. The monoisotopic (exact) mass is 218 g/mol. The molecule has 1 aromatic carbocycles. The van der Waals surface area contributed by atoms with Crippen LogP contribution < -0.4 is 0 Å². The number of aromatic nitrogens is 2. The predicted octanol–water partition coefficient (Wildman–Crippen LogP) is 2.15. The van der Waals surface area contributed by atoms with Crippen LogP contribution >= 0.6 is 0 Å². The summed E-state index contributed by atoms with van der Waals surface area (Å²) in [6.45, 7) is 3.77. The van der Waals surface area contributed by atoms with Crippen molar-refractivity contribution in [2.24, 2.45) is 5.41 Å². The molecule has 0 unspecified atom stereocenters. The number of rotatable bonds is 3. The molecule has 0 saturated carbocycles. The van der Waals surface area contributed by atoms with E-state index in [9.17, 15) is 4.79 Å². The van der Waals surface area contributed by atoms with E-state index in [-0.39, 0.29) is 0 Å². The van der Waals surface area contributed by atoms with Crippen LogP contribution in [-0.4, -0.2) is 20.9 Å². The first-order valence-corrected chi connectivity index (χ1v) is 5.15. The van der Waals surface area contributed by atoms with Crippen LogP contribution in [0.5, 0.6) is 0 Å². The number of carbonyl (C=O) groups is 1. The molecule has 1 aromatic heterocycles. The van der Waals surface area contributed by atoms with Gasteiger partial charge in [-0.2, -0.15) is 5.10 Å². The smallest absolute Gasteiger partial charge is 0.310 e. The van der Waals surface area contributed by atoms with Crippen molar-refractivity contribution in [2.45, 2.75) is 20.4 Å². The molecule has 4 heteroatoms. The molecule has 0 saturated heterocycles. The van der Waals surface area contributed by atoms with E-state index in [1.165, 1.54) is 0 Å². The Kier molecular flexibility index (Phi) is 2.42. The molecule has 0 fully saturated rings. The van der Waals surface area contributed by atoms with Crippen LogP contribution in [0.25, 0.3) is 10.9 Å². The van der Waals surface area contributed by atoms with Gasteiger partial charge in [0.15, 0.2) is 0 Å². The quantitative estimate of drug-likeness (QED) is 0.858. The fourth-order valence-corrected chi connectivity index (χ4v) is 1.59. The lowest BCUT2D eigenvalue weighted by Crippen LogP contribution is -2.29. The highest BCUT2D eigenvalue weighted by atomic mass is 16.4. The van der Waals surface area contributed by atoms with E-state index in [1.54, 1.807) is 24.7 Å². The summed E-state index contributed by atoms with van der Waals surface area (Å²) >= 11 is 0. The zero-order valence-corrected chi connectivity index (χ0v) is 9.34. The molecule has 0 aliphatic rings. The Morgan fingerprint density at radius 2 is 2.12 bits per heavy atom. The maximum atomic E-state index is 11.0. The molecule has 0 bridgehead atoms. The highest BCUT2D eigenvalue weighted by Crippen LogP contribution is 2.21. The number of nitrogens with zero attached hydrogens (tertiary/aromatic N) is 2. The third kappa shape index (κ3) is 1.78. The molecule has 0 atom stereocenters. The van der Waals surface area contributed by atoms with E-state index in [1.807, 2.05) is 24.3 Å². The number of aliphatic carboxylic acids is 1. The molecule has 0 radical (unpaired) electrons. The minimum Gasteiger partial charge on any atom is -0.481 e. The van der Waals surface area contributed by atoms with Gasteiger partial charge in [-0.1, -0.05) is 18.2 Å². The summed E-state index contributed by atoms with van der Waals surface area (Å²) in [7, 11) is 0. The third-order valence-electron chi connectivity index (χ3n) is 2.68. The zero-order chi connectivity index (χ0) is 11.8. The van der Waals surface area contributed by atoms with E-state index < -0.39 is 11.4 Å². The molecule has 2 aromatic rings. The fourth-order valence-electron chi connectivity index (χ4n) is 1.59. The summed E-state index contributed by atoms with van der Waals surface area (Å²) in [5.41, 5.74) is 0.159. The number of hydrogen-bond acceptors (Lipinski definition) is 2. The fraction of sp³-hybridized carbons (Fsp3) is 0.333. The second-order valence-corrected chi connectivity index (χ2v) is 4.55. The maximum Gasteiger partial charge on any atom is 0.310 e. The van der Waals surface area contributed by atoms with Gasteiger partial charge < -0.3 is 5.11 Å². The van der Waals surface area contributed by atoms with Gasteiger partial charge in [-0.15, -0.1) is 0 Å². The molecule has 0 spiro atoms. The van der Waals surface area contributed by atoms with Crippen molar-refractivity contribution in [3.63, 3.8) is 0 Å². The van der Waals surface area contributed by atoms with Gasteiger partial charge in [0, 0.05) is 5.39 Å². The van der Waals surface area contributed by atoms with Crippen molar-refractivity contribution in [2.75, 3.05) is 0 Å². The average molecular weight is 218 g/mol. The standard InChI is InChI=1S/C12H14N2O2/c1-12(2,11(15)16)8-14-10-6-4-3-5-9(10)7-13-14/h3-7H,8H2,1-2H3,(H,15,16). The molecule has 1 N–H and O–H groups in total. The second kappa shape index (κ2) is 3.63. The molecule has 2 rings (SSSR count). The van der Waals surface area contributed by atoms with Gasteiger partial charge in [-0.25, -0.2) is 0 Å². The van der Waals surface area contributed by atoms with Crippen molar-refractivity contribution in [1.29, 1.82) is 0 Å². The van der Waals surface area contributed by atoms with Crippen LogP contribution in [0.1, 0.15) is 13.8 Å². The van der Waals surface area contributed by atoms with E-state index in [0.717, 1.165) is 10.9 Å². The first-order chi connectivity index (χ1) is 7.50. The molecular formula is C12H14N2O2. The molecular weight excluding hydrogens is 204 g/mol. The van der Waals surface area contributed by atoms with Gasteiger partial charge in [0.1, 0.15) is 0 Å². The van der Waals surface area contributed by atoms with Crippen molar-refractivity contribution in [3.8, 4) is 0 Å². The molecule has 1 heterocycles. The Bertz CT molecular complexity index is 529. The third-order valence-corrected chi connectivity index (χ3v) is 2.68. The van der Waals surface area contributed by atoms with Crippen LogP contribution in [0.2, 0.25) is 0 Å². The largest absolute Gasteiger partial charge is 0.481 e. The molecule has 4 nitrogen and oxygen atoms in total. The number of benzene rings is 1. The average Bonchev–Trinajstić information content (AvgIpc) is 2.61. The Morgan fingerprint density at radius 3 is 2.81 bits per heavy atom. The molecule has 84 valence electrons. The van der Waals surface area contributed by atoms with Gasteiger partial charge in [-0.05, 0) is 19.9 Å². The normalized spacial score (nSPS) is 11.9. The van der Waals surface area contributed by atoms with Crippen LogP contribution in [0.15, 0.2) is 30.5 Å². The molecule has 0 amide bonds. The van der Waals surface area contributed by atoms with E-state index in [4.69, 9.17) is 5.11 Å². The number of para-hydroxylation sites is 1. The summed E-state index contributed by atoms with van der Waals surface area (Å²) < 4.78 is 1.74. The molecule has 16 heavy (non-hydrogen) atoms. The van der Waals surface area contributed by atoms with Crippen molar-refractivity contribution >= 4 is 16.9 Å². The summed E-state index contributed by atoms with van der Waals surface area (Å²) in [5, 5.41) is 14.3. The Balaban J connectivity index is 2.38. The summed E-state index contributed by atoms with van der Waals surface area (Å²) in [6, 6.07) is 7.78. The van der Waals surface area contributed by atoms with Gasteiger partial charge in [0.25, 0.3) is 0 Å². The number of carboxylic acids is 1. The van der Waals surface area contributed by atoms with Crippen LogP contribution in [0.3, 0.4) is 0 Å². The summed E-state index contributed by atoms with van der Waals surface area (Å²) in [4.78, 5) is 11.0. The van der Waals surface area contributed by atoms with E-state index in [2.05, 4.69) is 5.10 Å². The number of hydrogen-bond donors (Lipinski definition) is 1. The Labute approximate surface area is 93.5 Å². The van der Waals surface area contributed by atoms with Gasteiger partial charge in [0.05, 0.1) is 23.7 Å². The van der Waals surface area contributed by atoms with Crippen LogP contribution in [0, 0.1) is 5.41 Å². The zero-order valence-electron chi connectivity index (χ0n) is 9.34. The van der Waals surface area contributed by atoms with Gasteiger partial charge in [0.2, 0.25) is 0 Å². The summed E-state index contributed by atoms with van der Waals surface area (Å²) in [5.74, 6) is -0.813. The molecule has 0 aliphatic heterocycles. The minimum absolute atomic E-state index is 0.371. The lowest BCUT2D eigenvalue weighted by Gasteiger charge is -2.19. The minimum atomic E-state index is -0.813. The number of carboxylic acid groups (broad SMARTS) is 1. The van der Waals surface area contributed by atoms with Crippen LogP contribution in [0.4, 0.5) is 0 Å². The summed E-state index contributed by atoms with van der Waals surface area (Å²) in [6.07, 6.45) is 1.76. The van der Waals surface area contributed by atoms with Crippen molar-refractivity contribution < 1.29 is 9.90 Å². The lowest BCUT2D eigenvalue weighted by atomic mass is 9.94. The first kappa shape index (κ1) is 10.7. The first-order valence-electron chi connectivity index (χ1n) is 5.15. The van der Waals surface area contributed by atoms with E-state index >= 15 is 0 Å². The van der Waals surface area contributed by atoms with Crippen LogP contribution in [-0.2, 0) is 11.3 Å². The van der Waals surface area contributed by atoms with Crippen molar-refractivity contribution in [3.05, 3.63) is 30.5 Å². The highest BCUT2D eigenvalue weighted by molar-refractivity contribution is 5.79. The SMILES string of the molecule is CC(C)(Cn1ncc2ccccc21)C(=O)O. The van der Waals surface area contributed by atoms with E-state index in [0.29, 0.717) is 6.54 Å². The van der Waals surface area contributed by atoms with Gasteiger partial charge >= 0.3 is 5.97 Å². The Hall–Kier alpha value is -1.84. The Morgan fingerprint density at radius 1 is 1.44 bits per heavy atom. The maximum absolute atomic E-state index is 11.0. The number of fused-ring (bicyclic) bond motifs is 1.